The van der Waals surface area contributed by atoms with E-state index in [1.807, 2.05) is 0 Å². The summed E-state index contributed by atoms with van der Waals surface area (Å²) in [5.41, 5.74) is 5.17. The summed E-state index contributed by atoms with van der Waals surface area (Å²) in [6.07, 6.45) is -4.95. The van der Waals surface area contributed by atoms with Crippen molar-refractivity contribution in [1.29, 1.82) is 0 Å². The Balaban J connectivity index is 0.000000411. The Labute approximate surface area is 104 Å². The fraction of sp³-hybridized carbons (Fsp3) is 0.818. The maximum atomic E-state index is 11.5. The molecule has 1 heterocycles. The van der Waals surface area contributed by atoms with Crippen LogP contribution in [-0.4, -0.2) is 36.5 Å². The normalized spacial score (nSPS) is 24.0. The molecule has 7 heteroatoms. The summed E-state index contributed by atoms with van der Waals surface area (Å²) < 4.78 is 36.3. The van der Waals surface area contributed by atoms with Crippen LogP contribution in [0.15, 0.2) is 0 Å². The highest BCUT2D eigenvalue weighted by atomic mass is 19.4. The molecule has 0 aliphatic carbocycles. The lowest BCUT2D eigenvalue weighted by molar-refractivity contribution is -0.156. The summed E-state index contributed by atoms with van der Waals surface area (Å²) in [4.78, 5) is 20.2. The van der Waals surface area contributed by atoms with E-state index in [0.717, 1.165) is 6.42 Å². The minimum absolute atomic E-state index is 0.0520. The van der Waals surface area contributed by atoms with Crippen molar-refractivity contribution in [3.8, 4) is 0 Å². The fourth-order valence-electron chi connectivity index (χ4n) is 1.26. The largest absolute Gasteiger partial charge is 0.446 e. The maximum absolute atomic E-state index is 11.5. The third-order valence-corrected chi connectivity index (χ3v) is 2.29. The third-order valence-electron chi connectivity index (χ3n) is 2.29. The maximum Gasteiger partial charge on any atom is 0.446 e. The third kappa shape index (κ3) is 6.70. The van der Waals surface area contributed by atoms with Crippen LogP contribution < -0.4 is 5.73 Å². The zero-order valence-electron chi connectivity index (χ0n) is 10.6. The number of ketones is 1. The Morgan fingerprint density at radius 3 is 2.11 bits per heavy atom. The van der Waals surface area contributed by atoms with Gasteiger partial charge in [-0.25, -0.2) is 0 Å². The number of Topliss-reactive ketones (excluding diaryl/α,β-unsaturated/α-hetero) is 1. The van der Waals surface area contributed by atoms with Gasteiger partial charge in [-0.05, 0) is 19.3 Å². The van der Waals surface area contributed by atoms with Gasteiger partial charge in [0.2, 0.25) is 6.29 Å². The van der Waals surface area contributed by atoms with Gasteiger partial charge in [0.1, 0.15) is 5.60 Å². The number of halogens is 3. The molecule has 1 saturated heterocycles. The molecule has 0 aromatic carbocycles. The van der Waals surface area contributed by atoms with Crippen LogP contribution in [0.1, 0.15) is 27.2 Å². The predicted molar refractivity (Wildman–Crippen MR) is 58.9 cm³/mol. The molecule has 0 radical (unpaired) electrons. The summed E-state index contributed by atoms with van der Waals surface area (Å²) >= 11 is 0. The zero-order chi connectivity index (χ0) is 14.6. The highest BCUT2D eigenvalue weighted by Crippen LogP contribution is 2.28. The number of nitrogens with two attached hydrogens (primary N) is 1. The van der Waals surface area contributed by atoms with Gasteiger partial charge in [0.25, 0.3) is 0 Å². The average molecular weight is 269 g/mol. The first-order valence-corrected chi connectivity index (χ1v) is 5.49. The van der Waals surface area contributed by atoms with E-state index in [4.69, 9.17) is 15.3 Å². The van der Waals surface area contributed by atoms with Crippen molar-refractivity contribution in [3.63, 3.8) is 0 Å². The van der Waals surface area contributed by atoms with E-state index in [0.29, 0.717) is 12.5 Å². The Kier molecular flexibility index (Phi) is 5.95. The van der Waals surface area contributed by atoms with Crippen molar-refractivity contribution < 1.29 is 27.5 Å². The van der Waals surface area contributed by atoms with Crippen molar-refractivity contribution in [2.45, 2.75) is 45.0 Å². The molecule has 0 unspecified atom stereocenters. The predicted octanol–water partition coefficient (Wildman–Crippen LogP) is 1.47. The second-order valence-electron chi connectivity index (χ2n) is 4.78. The molecule has 1 rings (SSSR count). The van der Waals surface area contributed by atoms with Crippen LogP contribution in [0.4, 0.5) is 13.2 Å². The van der Waals surface area contributed by atoms with Gasteiger partial charge in [0.05, 0.1) is 12.6 Å². The number of hydrogen-bond donors (Lipinski definition) is 1. The van der Waals surface area contributed by atoms with Crippen molar-refractivity contribution in [1.82, 2.24) is 0 Å². The molecule has 106 valence electrons. The van der Waals surface area contributed by atoms with Gasteiger partial charge < -0.3 is 10.5 Å². The average Bonchev–Trinajstić information content (AvgIpc) is 2.95. The highest BCUT2D eigenvalue weighted by molar-refractivity contribution is 5.93. The molecule has 0 aromatic rings. The number of aldehydes is 1. The Morgan fingerprint density at radius 1 is 1.50 bits per heavy atom. The molecule has 0 amide bonds. The van der Waals surface area contributed by atoms with Crippen LogP contribution in [0.5, 0.6) is 0 Å². The first kappa shape index (κ1) is 17.1. The summed E-state index contributed by atoms with van der Waals surface area (Å²) in [6, 6.07) is -0.350. The van der Waals surface area contributed by atoms with Crippen LogP contribution in [0.2, 0.25) is 0 Å². The summed E-state index contributed by atoms with van der Waals surface area (Å²) in [6.45, 7) is 6.46. The van der Waals surface area contributed by atoms with Gasteiger partial charge in [0.15, 0.2) is 5.78 Å². The van der Waals surface area contributed by atoms with Crippen molar-refractivity contribution in [3.05, 3.63) is 0 Å². The minimum atomic E-state index is -4.64. The number of ether oxygens (including phenoxy) is 1. The molecule has 0 bridgehead atoms. The van der Waals surface area contributed by atoms with Crippen LogP contribution in [-0.2, 0) is 14.3 Å². The Bertz CT molecular complexity index is 298. The second kappa shape index (κ2) is 6.29. The standard InChI is InChI=1S/C9H17NO2.C2HF3O/c1-6(2)4-7(10)8(11)9(3)5-12-9;3-2(4,5)1-6/h6-7H,4-5,10H2,1-3H3;1H/t7-,9+;/m1./s1. The Hall–Kier alpha value is -0.950. The fourth-order valence-corrected chi connectivity index (χ4v) is 1.26. The summed E-state index contributed by atoms with van der Waals surface area (Å²) in [7, 11) is 0. The van der Waals surface area contributed by atoms with Gasteiger partial charge >= 0.3 is 6.18 Å². The monoisotopic (exact) mass is 269 g/mol. The topological polar surface area (TPSA) is 72.7 Å². The second-order valence-corrected chi connectivity index (χ2v) is 4.78. The van der Waals surface area contributed by atoms with Gasteiger partial charge in [0, 0.05) is 0 Å². The van der Waals surface area contributed by atoms with E-state index in [-0.39, 0.29) is 11.8 Å². The molecule has 4 nitrogen and oxygen atoms in total. The lowest BCUT2D eigenvalue weighted by Crippen LogP contribution is -2.40. The smallest absolute Gasteiger partial charge is 0.362 e. The van der Waals surface area contributed by atoms with Crippen LogP contribution >= 0.6 is 0 Å². The molecule has 0 saturated carbocycles. The first-order valence-electron chi connectivity index (χ1n) is 5.49. The zero-order valence-corrected chi connectivity index (χ0v) is 10.6. The number of hydrogen-bond acceptors (Lipinski definition) is 4. The Morgan fingerprint density at radius 2 is 1.89 bits per heavy atom. The molecule has 1 aliphatic heterocycles. The molecular formula is C11H18F3NO3. The minimum Gasteiger partial charge on any atom is -0.362 e. The van der Waals surface area contributed by atoms with Crippen LogP contribution in [0, 0.1) is 5.92 Å². The molecule has 2 atom stereocenters. The molecule has 2 N–H and O–H groups in total. The van der Waals surface area contributed by atoms with Gasteiger partial charge in [-0.1, -0.05) is 13.8 Å². The van der Waals surface area contributed by atoms with E-state index in [1.165, 1.54) is 0 Å². The lowest BCUT2D eigenvalue weighted by atomic mass is 9.94. The van der Waals surface area contributed by atoms with Crippen LogP contribution in [0.25, 0.3) is 0 Å². The van der Waals surface area contributed by atoms with Crippen molar-refractivity contribution in [2.24, 2.45) is 11.7 Å². The van der Waals surface area contributed by atoms with Crippen LogP contribution in [0.3, 0.4) is 0 Å². The van der Waals surface area contributed by atoms with Gasteiger partial charge in [-0.2, -0.15) is 13.2 Å². The highest BCUT2D eigenvalue weighted by Gasteiger charge is 2.48. The number of alkyl halides is 3. The van der Waals surface area contributed by atoms with Gasteiger partial charge in [-0.3, -0.25) is 9.59 Å². The number of carbonyl (C=O) groups is 2. The van der Waals surface area contributed by atoms with E-state index in [9.17, 15) is 18.0 Å². The van der Waals surface area contributed by atoms with Crippen molar-refractivity contribution in [2.75, 3.05) is 6.61 Å². The number of rotatable bonds is 4. The van der Waals surface area contributed by atoms with Crippen molar-refractivity contribution >= 4 is 12.1 Å². The number of carbonyl (C=O) groups excluding carboxylic acids is 2. The molecule has 18 heavy (non-hydrogen) atoms. The molecule has 0 aromatic heterocycles. The molecule has 1 fully saturated rings. The lowest BCUT2D eigenvalue weighted by Gasteiger charge is -2.14. The van der Waals surface area contributed by atoms with E-state index in [1.54, 1.807) is 6.92 Å². The quantitative estimate of drug-likeness (QED) is 0.619. The van der Waals surface area contributed by atoms with E-state index >= 15 is 0 Å². The van der Waals surface area contributed by atoms with Gasteiger partial charge in [-0.15, -0.1) is 0 Å². The number of epoxide rings is 1. The molecule has 0 spiro atoms. The SMILES string of the molecule is CC(C)C[C@@H](N)C(=O)[C@]1(C)CO1.O=CC(F)(F)F. The first-order chi connectivity index (χ1) is 8.02. The summed E-state index contributed by atoms with van der Waals surface area (Å²) in [5.74, 6) is 0.516. The molecular weight excluding hydrogens is 251 g/mol. The summed E-state index contributed by atoms with van der Waals surface area (Å²) in [5, 5.41) is 0. The van der Waals surface area contributed by atoms with E-state index < -0.39 is 18.1 Å². The molecule has 1 aliphatic rings. The van der Waals surface area contributed by atoms with E-state index in [2.05, 4.69) is 13.8 Å².